The zero-order chi connectivity index (χ0) is 23.7. The predicted octanol–water partition coefficient (Wildman–Crippen LogP) is 5.77. The van der Waals surface area contributed by atoms with E-state index in [0.717, 1.165) is 64.0 Å². The van der Waals surface area contributed by atoms with Gasteiger partial charge in [-0.3, -0.25) is 0 Å². The van der Waals surface area contributed by atoms with Gasteiger partial charge < -0.3 is 10.3 Å². The second-order valence-corrected chi connectivity index (χ2v) is 12.3. The van der Waals surface area contributed by atoms with Crippen molar-refractivity contribution in [3.63, 3.8) is 0 Å². The summed E-state index contributed by atoms with van der Waals surface area (Å²) < 4.78 is 26.8. The monoisotopic (exact) mass is 495 g/mol. The lowest BCUT2D eigenvalue weighted by Gasteiger charge is -2.16. The maximum absolute atomic E-state index is 12.2. The van der Waals surface area contributed by atoms with Crippen LogP contribution >= 0.6 is 11.3 Å². The largest absolute Gasteiger partial charge is 0.355 e. The van der Waals surface area contributed by atoms with Crippen LogP contribution in [0.25, 0.3) is 26.8 Å². The molecule has 0 fully saturated rings. The van der Waals surface area contributed by atoms with Crippen LogP contribution in [0.4, 0.5) is 11.4 Å². The number of H-pyrrole nitrogens is 1. The van der Waals surface area contributed by atoms with Gasteiger partial charge in [0, 0.05) is 37.1 Å². The van der Waals surface area contributed by atoms with Crippen molar-refractivity contribution in [3.8, 4) is 0 Å². The van der Waals surface area contributed by atoms with Crippen LogP contribution < -0.4 is 5.32 Å². The summed E-state index contributed by atoms with van der Waals surface area (Å²) in [4.78, 5) is 12.4. The van der Waals surface area contributed by atoms with Gasteiger partial charge in [-0.05, 0) is 73.9 Å². The second-order valence-electron chi connectivity index (χ2n) is 9.06. The Kier molecular flexibility index (Phi) is 6.42. The summed E-state index contributed by atoms with van der Waals surface area (Å²) in [5, 5.41) is 4.60. The summed E-state index contributed by atoms with van der Waals surface area (Å²) in [5.41, 5.74) is 8.15. The normalized spacial score (nSPS) is 17.3. The molecule has 1 aromatic carbocycles. The maximum atomic E-state index is 12.2. The Labute approximate surface area is 204 Å². The quantitative estimate of drug-likeness (QED) is 0.340. The third-order valence-electron chi connectivity index (χ3n) is 6.62. The number of aromatic amines is 1. The van der Waals surface area contributed by atoms with Gasteiger partial charge in [0.1, 0.15) is 5.65 Å². The molecule has 3 aromatic heterocycles. The molecule has 4 aromatic rings. The summed E-state index contributed by atoms with van der Waals surface area (Å²) in [6, 6.07) is 10.4. The first-order chi connectivity index (χ1) is 16.4. The molecule has 0 spiro atoms. The Morgan fingerprint density at radius 1 is 1.18 bits per heavy atom. The molecule has 1 aliphatic rings. The number of fused-ring (bicyclic) bond motifs is 2. The number of anilines is 2. The van der Waals surface area contributed by atoms with E-state index in [2.05, 4.69) is 38.5 Å². The van der Waals surface area contributed by atoms with Gasteiger partial charge in [-0.25, -0.2) is 22.7 Å². The minimum absolute atomic E-state index is 0.221. The fourth-order valence-electron chi connectivity index (χ4n) is 4.53. The number of hydrogen-bond donors (Lipinski definition) is 2. The third kappa shape index (κ3) is 4.87. The van der Waals surface area contributed by atoms with E-state index in [1.54, 1.807) is 25.4 Å². The molecule has 1 aliphatic carbocycles. The Hall–Kier alpha value is -2.75. The lowest BCUT2D eigenvalue weighted by Crippen LogP contribution is -2.26. The van der Waals surface area contributed by atoms with Crippen molar-refractivity contribution in [2.45, 2.75) is 32.1 Å². The van der Waals surface area contributed by atoms with E-state index in [9.17, 15) is 8.42 Å². The average molecular weight is 496 g/mol. The van der Waals surface area contributed by atoms with E-state index >= 15 is 0 Å². The van der Waals surface area contributed by atoms with Gasteiger partial charge in [-0.1, -0.05) is 6.08 Å². The maximum Gasteiger partial charge on any atom is 0.213 e. The van der Waals surface area contributed by atoms with Crippen LogP contribution in [0.3, 0.4) is 0 Å². The summed E-state index contributed by atoms with van der Waals surface area (Å²) in [6.07, 6.45) is 8.76. The molecule has 9 heteroatoms. The highest BCUT2D eigenvalue weighted by Gasteiger charge is 2.20. The number of aromatic nitrogens is 3. The lowest BCUT2D eigenvalue weighted by atomic mass is 9.96. The molecule has 0 radical (unpaired) electrons. The van der Waals surface area contributed by atoms with Crippen molar-refractivity contribution in [3.05, 3.63) is 53.8 Å². The van der Waals surface area contributed by atoms with Crippen LogP contribution in [0, 0.1) is 5.92 Å². The molecule has 7 nitrogen and oxygen atoms in total. The number of thiazole rings is 1. The summed E-state index contributed by atoms with van der Waals surface area (Å²) in [5.74, 6) is 0.642. The number of benzene rings is 1. The van der Waals surface area contributed by atoms with Gasteiger partial charge in [0.05, 0.1) is 27.2 Å². The molecule has 1 unspecified atom stereocenters. The molecule has 1 atom stereocenters. The van der Waals surface area contributed by atoms with Crippen LogP contribution in [0.1, 0.15) is 37.8 Å². The van der Waals surface area contributed by atoms with Crippen LogP contribution in [0.15, 0.2) is 48.1 Å². The third-order valence-corrected chi connectivity index (χ3v) is 9.27. The van der Waals surface area contributed by atoms with E-state index < -0.39 is 10.0 Å². The topological polar surface area (TPSA) is 91.0 Å². The van der Waals surface area contributed by atoms with Crippen molar-refractivity contribution in [2.75, 3.05) is 25.2 Å². The van der Waals surface area contributed by atoms with Gasteiger partial charge in [0.25, 0.3) is 0 Å². The summed E-state index contributed by atoms with van der Waals surface area (Å²) in [6.45, 7) is 0. The first-order valence-electron chi connectivity index (χ1n) is 11.6. The minimum atomic E-state index is -3.14. The van der Waals surface area contributed by atoms with Gasteiger partial charge in [-0.15, -0.1) is 11.3 Å². The van der Waals surface area contributed by atoms with Crippen LogP contribution in [-0.2, 0) is 10.0 Å². The number of nitrogens with one attached hydrogen (secondary N) is 2. The van der Waals surface area contributed by atoms with Gasteiger partial charge in [0.15, 0.2) is 0 Å². The molecule has 5 rings (SSSR count). The molecule has 34 heavy (non-hydrogen) atoms. The average Bonchev–Trinajstić information content (AvgIpc) is 3.39. The zero-order valence-corrected chi connectivity index (χ0v) is 21.0. The molecule has 0 aliphatic heterocycles. The zero-order valence-electron chi connectivity index (χ0n) is 19.4. The number of hydrogen-bond acceptors (Lipinski definition) is 6. The molecule has 3 heterocycles. The highest BCUT2D eigenvalue weighted by atomic mass is 32.2. The van der Waals surface area contributed by atoms with E-state index in [1.165, 1.54) is 9.88 Å². The summed E-state index contributed by atoms with van der Waals surface area (Å²) in [7, 11) is 0.0681. The predicted molar refractivity (Wildman–Crippen MR) is 141 cm³/mol. The van der Waals surface area contributed by atoms with E-state index in [0.29, 0.717) is 12.3 Å². The van der Waals surface area contributed by atoms with Gasteiger partial charge in [0.2, 0.25) is 10.0 Å². The molecule has 0 amide bonds. The van der Waals surface area contributed by atoms with E-state index in [4.69, 9.17) is 0 Å². The molecule has 0 saturated heterocycles. The Morgan fingerprint density at radius 2 is 2.06 bits per heavy atom. The van der Waals surface area contributed by atoms with Crippen LogP contribution in [-0.4, -0.2) is 47.5 Å². The molecular weight excluding hydrogens is 466 g/mol. The second kappa shape index (κ2) is 9.48. The molecule has 178 valence electrons. The van der Waals surface area contributed by atoms with E-state index in [-0.39, 0.29) is 5.75 Å². The first-order valence-corrected chi connectivity index (χ1v) is 14.1. The highest BCUT2D eigenvalue weighted by molar-refractivity contribution is 7.89. The molecule has 2 N–H and O–H groups in total. The van der Waals surface area contributed by atoms with Crippen molar-refractivity contribution < 1.29 is 8.42 Å². The molecule has 0 saturated carbocycles. The first kappa shape index (κ1) is 23.0. The van der Waals surface area contributed by atoms with Crippen molar-refractivity contribution in [2.24, 2.45) is 5.92 Å². The molecular formula is C25H29N5O2S2. The lowest BCUT2D eigenvalue weighted by molar-refractivity contribution is 0.444. The van der Waals surface area contributed by atoms with Crippen molar-refractivity contribution >= 4 is 59.6 Å². The Bertz CT molecular complexity index is 1450. The number of allylic oxidation sites excluding steroid dienone is 2. The Morgan fingerprint density at radius 3 is 2.91 bits per heavy atom. The number of nitrogens with zero attached hydrogens (tertiary/aromatic N) is 3. The molecule has 0 bridgehead atoms. The number of rotatable bonds is 7. The van der Waals surface area contributed by atoms with Crippen LogP contribution in [0.5, 0.6) is 0 Å². The van der Waals surface area contributed by atoms with Gasteiger partial charge in [-0.2, -0.15) is 0 Å². The minimum Gasteiger partial charge on any atom is -0.355 e. The van der Waals surface area contributed by atoms with Crippen molar-refractivity contribution in [1.82, 2.24) is 19.3 Å². The Balaban J connectivity index is 1.31. The fourth-order valence-corrected chi connectivity index (χ4v) is 6.24. The summed E-state index contributed by atoms with van der Waals surface area (Å²) >= 11 is 1.63. The standard InChI is InChI=1S/C25H29N5O2S2/c1-30(2)34(31,32)13-11-17-4-3-5-18(7-6-17)23-15-20-21(10-12-26-25(20)29-23)28-19-8-9-22-24(14-19)33-16-27-22/h5,8-10,12,14-17H,3-4,6-7,11,13H2,1-2H3,(H2,26,28,29). The van der Waals surface area contributed by atoms with E-state index in [1.807, 2.05) is 29.9 Å². The number of pyridine rings is 1. The highest BCUT2D eigenvalue weighted by Crippen LogP contribution is 2.34. The SMILES string of the molecule is CN(C)S(=O)(=O)CCC1CCC=C(c2cc3c(Nc4ccc5ncsc5c4)ccnc3[nH]2)CC1. The van der Waals surface area contributed by atoms with Crippen molar-refractivity contribution in [1.29, 1.82) is 0 Å². The number of sulfonamides is 1. The van der Waals surface area contributed by atoms with Gasteiger partial charge >= 0.3 is 0 Å². The smallest absolute Gasteiger partial charge is 0.213 e. The fraction of sp³-hybridized carbons (Fsp3) is 0.360. The van der Waals surface area contributed by atoms with Crippen LogP contribution in [0.2, 0.25) is 0 Å².